The molecule has 4 aromatic rings. The number of hydrogen-bond acceptors (Lipinski definition) is 5. The number of thioether (sulfide) groups is 1. The quantitative estimate of drug-likeness (QED) is 0.0928. The van der Waals surface area contributed by atoms with Gasteiger partial charge in [0.25, 0.3) is 0 Å². The molecule has 4 aromatic carbocycles. The van der Waals surface area contributed by atoms with Gasteiger partial charge in [0.1, 0.15) is 6.61 Å². The van der Waals surface area contributed by atoms with Crippen LogP contribution in [0.1, 0.15) is 35.6 Å². The fourth-order valence-corrected chi connectivity index (χ4v) is 6.65. The molecule has 3 atom stereocenters. The molecule has 43 heavy (non-hydrogen) atoms. The maximum atomic E-state index is 13.7. The lowest BCUT2D eigenvalue weighted by atomic mass is 9.84. The van der Waals surface area contributed by atoms with E-state index in [1.165, 1.54) is 6.08 Å². The summed E-state index contributed by atoms with van der Waals surface area (Å²) in [4.78, 5) is 25.9. The van der Waals surface area contributed by atoms with Gasteiger partial charge in [0.2, 0.25) is 5.91 Å². The van der Waals surface area contributed by atoms with E-state index in [-0.39, 0.29) is 18.9 Å². The molecular weight excluding hydrogens is 554 g/mol. The third-order valence-electron chi connectivity index (χ3n) is 7.37. The van der Waals surface area contributed by atoms with Gasteiger partial charge >= 0.3 is 5.97 Å². The van der Waals surface area contributed by atoms with Crippen molar-refractivity contribution < 1.29 is 19.4 Å². The molecule has 0 aliphatic carbocycles. The molecule has 222 valence electrons. The van der Waals surface area contributed by atoms with Crippen molar-refractivity contribution in [1.29, 1.82) is 0 Å². The average Bonchev–Trinajstić information content (AvgIpc) is 3.05. The molecule has 0 bridgehead atoms. The molecule has 0 fully saturated rings. The Balaban J connectivity index is 1.57. The van der Waals surface area contributed by atoms with Crippen LogP contribution in [0.5, 0.6) is 0 Å². The molecule has 0 radical (unpaired) electrons. The molecule has 0 saturated heterocycles. The number of carbonyl (C=O) groups is 2. The maximum absolute atomic E-state index is 13.7. The molecule has 1 amide bonds. The number of benzene rings is 4. The molecule has 5 nitrogen and oxygen atoms in total. The molecule has 0 unspecified atom stereocenters. The molecule has 0 heterocycles. The number of amides is 1. The van der Waals surface area contributed by atoms with Crippen LogP contribution in [0.15, 0.2) is 134 Å². The fraction of sp³-hybridized carbons (Fsp3) is 0.243. The Hall–Kier alpha value is -4.13. The highest BCUT2D eigenvalue weighted by Crippen LogP contribution is 2.49. The van der Waals surface area contributed by atoms with Gasteiger partial charge in [0, 0.05) is 11.7 Å². The topological polar surface area (TPSA) is 75.6 Å². The van der Waals surface area contributed by atoms with Crippen LogP contribution in [-0.2, 0) is 25.5 Å². The van der Waals surface area contributed by atoms with Crippen molar-refractivity contribution in [3.05, 3.63) is 156 Å². The van der Waals surface area contributed by atoms with E-state index >= 15 is 0 Å². The smallest absolute Gasteiger partial charge is 0.308 e. The van der Waals surface area contributed by atoms with Gasteiger partial charge in [0.15, 0.2) is 0 Å². The molecule has 0 spiro atoms. The minimum absolute atomic E-state index is 0.0709. The minimum Gasteiger partial charge on any atom is -0.461 e. The second-order valence-corrected chi connectivity index (χ2v) is 11.8. The summed E-state index contributed by atoms with van der Waals surface area (Å²) >= 11 is 1.72. The number of carbonyl (C=O) groups excluding carboxylic acids is 2. The standard InChI is InChI=1S/C37H39NO4S/c1-3-24-42-35(40)26-34(39)33(25-29-16-8-4-9-17-29)38-36(41)28(2)27-43-37(30-18-10-5-11-19-30,31-20-12-6-13-21-31)32-22-14-7-15-23-32/h3-23,28,33-34,39H,1,24-27H2,2H3,(H,38,41)/t28-,33-,34+/m1/s1. The van der Waals surface area contributed by atoms with Crippen molar-refractivity contribution in [2.75, 3.05) is 12.4 Å². The first kappa shape index (κ1) is 31.8. The Kier molecular flexibility index (Phi) is 11.8. The number of aliphatic hydroxyl groups excluding tert-OH is 1. The largest absolute Gasteiger partial charge is 0.461 e. The Morgan fingerprint density at radius 1 is 0.837 bits per heavy atom. The normalized spacial score (nSPS) is 13.3. The number of hydrogen-bond donors (Lipinski definition) is 2. The van der Waals surface area contributed by atoms with E-state index in [4.69, 9.17) is 4.74 Å². The summed E-state index contributed by atoms with van der Waals surface area (Å²) in [6.07, 6.45) is 0.518. The molecule has 0 aliphatic rings. The summed E-state index contributed by atoms with van der Waals surface area (Å²) in [5.41, 5.74) is 4.32. The number of nitrogens with one attached hydrogen (secondary N) is 1. The monoisotopic (exact) mass is 593 g/mol. The third-order valence-corrected chi connectivity index (χ3v) is 9.17. The van der Waals surface area contributed by atoms with Gasteiger partial charge in [-0.25, -0.2) is 0 Å². The third kappa shape index (κ3) is 8.46. The SMILES string of the molecule is C=CCOC(=O)C[C@H](O)[C@@H](Cc1ccccc1)NC(=O)[C@H](C)CSC(c1ccccc1)(c1ccccc1)c1ccccc1. The lowest BCUT2D eigenvalue weighted by molar-refractivity contribution is -0.145. The van der Waals surface area contributed by atoms with Crippen molar-refractivity contribution in [2.24, 2.45) is 5.92 Å². The van der Waals surface area contributed by atoms with Gasteiger partial charge in [-0.05, 0) is 28.7 Å². The summed E-state index contributed by atoms with van der Waals surface area (Å²) in [6, 6.07) is 40.1. The van der Waals surface area contributed by atoms with Gasteiger partial charge in [-0.15, -0.1) is 11.8 Å². The first-order chi connectivity index (χ1) is 20.9. The van der Waals surface area contributed by atoms with Crippen LogP contribution in [0.2, 0.25) is 0 Å². The van der Waals surface area contributed by atoms with Gasteiger partial charge in [-0.2, -0.15) is 0 Å². The van der Waals surface area contributed by atoms with E-state index in [1.54, 1.807) is 11.8 Å². The number of ether oxygens (including phenoxy) is 1. The second-order valence-electron chi connectivity index (χ2n) is 10.5. The van der Waals surface area contributed by atoms with Crippen LogP contribution in [-0.4, -0.2) is 41.5 Å². The van der Waals surface area contributed by atoms with Gasteiger partial charge in [-0.3, -0.25) is 9.59 Å². The summed E-state index contributed by atoms with van der Waals surface area (Å²) in [7, 11) is 0. The van der Waals surface area contributed by atoms with E-state index in [2.05, 4.69) is 48.3 Å². The van der Waals surface area contributed by atoms with E-state index < -0.39 is 28.8 Å². The number of esters is 1. The van der Waals surface area contributed by atoms with E-state index in [1.807, 2.05) is 91.9 Å². The predicted octanol–water partition coefficient (Wildman–Crippen LogP) is 6.56. The first-order valence-electron chi connectivity index (χ1n) is 14.5. The van der Waals surface area contributed by atoms with E-state index in [0.29, 0.717) is 12.2 Å². The highest BCUT2D eigenvalue weighted by molar-refractivity contribution is 8.00. The van der Waals surface area contributed by atoms with E-state index in [0.717, 1.165) is 22.3 Å². The number of rotatable bonds is 15. The van der Waals surface area contributed by atoms with Gasteiger partial charge in [0.05, 0.1) is 23.3 Å². The van der Waals surface area contributed by atoms with Crippen molar-refractivity contribution in [3.63, 3.8) is 0 Å². The zero-order valence-electron chi connectivity index (χ0n) is 24.5. The minimum atomic E-state index is -1.11. The van der Waals surface area contributed by atoms with Crippen molar-refractivity contribution in [1.82, 2.24) is 5.32 Å². The predicted molar refractivity (Wildman–Crippen MR) is 175 cm³/mol. The average molecular weight is 594 g/mol. The molecule has 0 aromatic heterocycles. The van der Waals surface area contributed by atoms with Crippen molar-refractivity contribution in [3.8, 4) is 0 Å². The Morgan fingerprint density at radius 2 is 1.30 bits per heavy atom. The Bertz CT molecular complexity index is 1330. The first-order valence-corrected chi connectivity index (χ1v) is 15.5. The lowest BCUT2D eigenvalue weighted by Gasteiger charge is -2.36. The molecule has 4 rings (SSSR count). The van der Waals surface area contributed by atoms with Crippen LogP contribution in [0.25, 0.3) is 0 Å². The molecule has 0 saturated carbocycles. The Morgan fingerprint density at radius 3 is 1.77 bits per heavy atom. The summed E-state index contributed by atoms with van der Waals surface area (Å²) in [5.74, 6) is -0.601. The molecule has 2 N–H and O–H groups in total. The molecule has 6 heteroatoms. The van der Waals surface area contributed by atoms with Crippen LogP contribution < -0.4 is 5.32 Å². The van der Waals surface area contributed by atoms with Crippen molar-refractivity contribution in [2.45, 2.75) is 36.7 Å². The summed E-state index contributed by atoms with van der Waals surface area (Å²) < 4.78 is 4.54. The zero-order chi connectivity index (χ0) is 30.5. The second kappa shape index (κ2) is 15.9. The van der Waals surface area contributed by atoms with Crippen LogP contribution in [0.3, 0.4) is 0 Å². The molecular formula is C37H39NO4S. The zero-order valence-corrected chi connectivity index (χ0v) is 25.3. The van der Waals surface area contributed by atoms with Crippen LogP contribution in [0, 0.1) is 5.92 Å². The maximum Gasteiger partial charge on any atom is 0.308 e. The highest BCUT2D eigenvalue weighted by Gasteiger charge is 2.38. The summed E-state index contributed by atoms with van der Waals surface area (Å²) in [5, 5.41) is 14.1. The summed E-state index contributed by atoms with van der Waals surface area (Å²) in [6.45, 7) is 5.53. The van der Waals surface area contributed by atoms with E-state index in [9.17, 15) is 14.7 Å². The molecule has 0 aliphatic heterocycles. The van der Waals surface area contributed by atoms with Gasteiger partial charge in [-0.1, -0.05) is 141 Å². The van der Waals surface area contributed by atoms with Crippen LogP contribution in [0.4, 0.5) is 0 Å². The Labute approximate surface area is 259 Å². The fourth-order valence-electron chi connectivity index (χ4n) is 5.09. The number of aliphatic hydroxyl groups is 1. The van der Waals surface area contributed by atoms with Crippen molar-refractivity contribution >= 4 is 23.6 Å². The lowest BCUT2D eigenvalue weighted by Crippen LogP contribution is -2.48. The van der Waals surface area contributed by atoms with Crippen LogP contribution >= 0.6 is 11.8 Å². The van der Waals surface area contributed by atoms with Gasteiger partial charge < -0.3 is 15.2 Å². The highest BCUT2D eigenvalue weighted by atomic mass is 32.2.